The number of hydrogen-bond acceptors (Lipinski definition) is 2. The fourth-order valence-corrected chi connectivity index (χ4v) is 4.63. The molecule has 0 aromatic heterocycles. The Morgan fingerprint density at radius 1 is 1.00 bits per heavy atom. The van der Waals surface area contributed by atoms with Gasteiger partial charge < -0.3 is 10.2 Å². The molecule has 1 saturated carbocycles. The Balaban J connectivity index is 1.96. The average Bonchev–Trinajstić information content (AvgIpc) is 2.55. The van der Waals surface area contributed by atoms with Gasteiger partial charge in [0, 0.05) is 12.6 Å². The van der Waals surface area contributed by atoms with Crippen LogP contribution in [-0.4, -0.2) is 37.1 Å². The second kappa shape index (κ2) is 7.00. The minimum atomic E-state index is 0.462. The molecule has 1 saturated heterocycles. The average molecular weight is 295 g/mol. The molecule has 2 fully saturated rings. The lowest BCUT2D eigenvalue weighted by Crippen LogP contribution is -2.52. The van der Waals surface area contributed by atoms with E-state index in [-0.39, 0.29) is 0 Å². The van der Waals surface area contributed by atoms with Gasteiger partial charge in [-0.2, -0.15) is 0 Å². The first-order valence-corrected chi connectivity index (χ1v) is 9.30. The van der Waals surface area contributed by atoms with Crippen LogP contribution in [0.25, 0.3) is 0 Å². The Labute approximate surface area is 133 Å². The number of rotatable bonds is 4. The standard InChI is InChI=1S/C19H38N2/c1-6-20-17-16(9-7-11-19(17,4)5)15-21-13-8-10-18(2,3)12-14-21/h16-17,20H,6-15H2,1-5H3. The number of likely N-dealkylation sites (tertiary alicyclic amines) is 1. The second-order valence-electron chi connectivity index (χ2n) is 8.99. The van der Waals surface area contributed by atoms with Gasteiger partial charge in [-0.15, -0.1) is 0 Å². The molecule has 0 aromatic rings. The highest BCUT2D eigenvalue weighted by atomic mass is 15.1. The Bertz CT molecular complexity index is 322. The molecule has 2 rings (SSSR count). The van der Waals surface area contributed by atoms with Crippen molar-refractivity contribution in [2.24, 2.45) is 16.7 Å². The van der Waals surface area contributed by atoms with E-state index in [1.165, 1.54) is 58.2 Å². The topological polar surface area (TPSA) is 15.3 Å². The van der Waals surface area contributed by atoms with Crippen LogP contribution in [0.4, 0.5) is 0 Å². The molecule has 0 radical (unpaired) electrons. The van der Waals surface area contributed by atoms with Crippen LogP contribution in [0.3, 0.4) is 0 Å². The van der Waals surface area contributed by atoms with Gasteiger partial charge in [-0.1, -0.05) is 41.0 Å². The Hall–Kier alpha value is -0.0800. The van der Waals surface area contributed by atoms with E-state index in [1.807, 2.05) is 0 Å². The van der Waals surface area contributed by atoms with Gasteiger partial charge in [0.15, 0.2) is 0 Å². The third-order valence-corrected chi connectivity index (χ3v) is 6.06. The molecule has 0 aromatic carbocycles. The third-order valence-electron chi connectivity index (χ3n) is 6.06. The fourth-order valence-electron chi connectivity index (χ4n) is 4.63. The van der Waals surface area contributed by atoms with E-state index in [0.29, 0.717) is 16.9 Å². The lowest BCUT2D eigenvalue weighted by atomic mass is 9.67. The first-order valence-electron chi connectivity index (χ1n) is 9.30. The second-order valence-corrected chi connectivity index (χ2v) is 8.99. The highest BCUT2D eigenvalue weighted by molar-refractivity contribution is 4.94. The van der Waals surface area contributed by atoms with Gasteiger partial charge in [-0.05, 0) is 68.5 Å². The van der Waals surface area contributed by atoms with E-state index < -0.39 is 0 Å². The van der Waals surface area contributed by atoms with Gasteiger partial charge in [0.1, 0.15) is 0 Å². The largest absolute Gasteiger partial charge is 0.313 e. The van der Waals surface area contributed by atoms with Crippen LogP contribution in [0.1, 0.15) is 73.1 Å². The zero-order valence-corrected chi connectivity index (χ0v) is 15.2. The van der Waals surface area contributed by atoms with Crippen molar-refractivity contribution in [1.29, 1.82) is 0 Å². The molecule has 0 amide bonds. The van der Waals surface area contributed by atoms with E-state index >= 15 is 0 Å². The van der Waals surface area contributed by atoms with Crippen LogP contribution in [0, 0.1) is 16.7 Å². The molecule has 1 aliphatic heterocycles. The summed E-state index contributed by atoms with van der Waals surface area (Å²) in [5, 5.41) is 3.82. The van der Waals surface area contributed by atoms with Crippen molar-refractivity contribution in [1.82, 2.24) is 10.2 Å². The van der Waals surface area contributed by atoms with Gasteiger partial charge in [-0.3, -0.25) is 0 Å². The predicted molar refractivity (Wildman–Crippen MR) is 92.7 cm³/mol. The summed E-state index contributed by atoms with van der Waals surface area (Å²) < 4.78 is 0. The van der Waals surface area contributed by atoms with Crippen molar-refractivity contribution < 1.29 is 0 Å². The van der Waals surface area contributed by atoms with Gasteiger partial charge in [0.2, 0.25) is 0 Å². The maximum Gasteiger partial charge on any atom is 0.0159 e. The Morgan fingerprint density at radius 3 is 2.48 bits per heavy atom. The molecule has 2 aliphatic rings. The minimum Gasteiger partial charge on any atom is -0.313 e. The summed E-state index contributed by atoms with van der Waals surface area (Å²) in [4.78, 5) is 2.77. The Kier molecular flexibility index (Phi) is 5.76. The van der Waals surface area contributed by atoms with Crippen LogP contribution < -0.4 is 5.32 Å². The van der Waals surface area contributed by atoms with Crippen LogP contribution in [0.15, 0.2) is 0 Å². The maximum atomic E-state index is 3.82. The van der Waals surface area contributed by atoms with Crippen molar-refractivity contribution in [2.45, 2.75) is 79.2 Å². The molecule has 1 aliphatic carbocycles. The number of nitrogens with one attached hydrogen (secondary N) is 1. The summed E-state index contributed by atoms with van der Waals surface area (Å²) in [7, 11) is 0. The molecule has 0 spiro atoms. The zero-order chi connectivity index (χ0) is 15.5. The van der Waals surface area contributed by atoms with E-state index in [1.54, 1.807) is 0 Å². The van der Waals surface area contributed by atoms with Gasteiger partial charge >= 0.3 is 0 Å². The lowest BCUT2D eigenvalue weighted by molar-refractivity contribution is 0.0798. The smallest absolute Gasteiger partial charge is 0.0159 e. The van der Waals surface area contributed by atoms with Gasteiger partial charge in [0.25, 0.3) is 0 Å². The van der Waals surface area contributed by atoms with E-state index in [2.05, 4.69) is 44.8 Å². The van der Waals surface area contributed by atoms with E-state index in [9.17, 15) is 0 Å². The van der Waals surface area contributed by atoms with Crippen molar-refractivity contribution in [3.8, 4) is 0 Å². The SMILES string of the molecule is CCNC1C(CN2CCCC(C)(C)CC2)CCCC1(C)C. The summed E-state index contributed by atoms with van der Waals surface area (Å²) in [5.41, 5.74) is 1.02. The summed E-state index contributed by atoms with van der Waals surface area (Å²) in [6.45, 7) is 17.1. The van der Waals surface area contributed by atoms with Crippen molar-refractivity contribution >= 4 is 0 Å². The highest BCUT2D eigenvalue weighted by Gasteiger charge is 2.39. The van der Waals surface area contributed by atoms with Crippen LogP contribution in [-0.2, 0) is 0 Å². The molecule has 2 heteroatoms. The first-order chi connectivity index (χ1) is 9.84. The molecular weight excluding hydrogens is 256 g/mol. The lowest BCUT2D eigenvalue weighted by Gasteiger charge is -2.46. The molecule has 1 N–H and O–H groups in total. The third kappa shape index (κ3) is 4.69. The molecule has 21 heavy (non-hydrogen) atoms. The van der Waals surface area contributed by atoms with Crippen molar-refractivity contribution in [3.05, 3.63) is 0 Å². The summed E-state index contributed by atoms with van der Waals surface area (Å²) in [6.07, 6.45) is 8.37. The fraction of sp³-hybridized carbons (Fsp3) is 1.00. The summed E-state index contributed by atoms with van der Waals surface area (Å²) >= 11 is 0. The molecule has 0 bridgehead atoms. The summed E-state index contributed by atoms with van der Waals surface area (Å²) in [6, 6.07) is 0.701. The van der Waals surface area contributed by atoms with Gasteiger partial charge in [-0.25, -0.2) is 0 Å². The van der Waals surface area contributed by atoms with E-state index in [4.69, 9.17) is 0 Å². The molecule has 2 nitrogen and oxygen atoms in total. The van der Waals surface area contributed by atoms with E-state index in [0.717, 1.165) is 12.5 Å². The zero-order valence-electron chi connectivity index (χ0n) is 15.2. The maximum absolute atomic E-state index is 3.82. The van der Waals surface area contributed by atoms with Crippen molar-refractivity contribution in [2.75, 3.05) is 26.2 Å². The number of hydrogen-bond donors (Lipinski definition) is 1. The van der Waals surface area contributed by atoms with Crippen molar-refractivity contribution in [3.63, 3.8) is 0 Å². The predicted octanol–water partition coefficient (Wildman–Crippen LogP) is 4.30. The molecular formula is C19H38N2. The van der Waals surface area contributed by atoms with Crippen LogP contribution in [0.5, 0.6) is 0 Å². The van der Waals surface area contributed by atoms with Crippen LogP contribution >= 0.6 is 0 Å². The monoisotopic (exact) mass is 294 g/mol. The highest BCUT2D eigenvalue weighted by Crippen LogP contribution is 2.40. The quantitative estimate of drug-likeness (QED) is 0.831. The normalized spacial score (nSPS) is 33.6. The molecule has 1 heterocycles. The summed E-state index contributed by atoms with van der Waals surface area (Å²) in [5.74, 6) is 0.843. The van der Waals surface area contributed by atoms with Crippen LogP contribution in [0.2, 0.25) is 0 Å². The molecule has 124 valence electrons. The minimum absolute atomic E-state index is 0.462. The first kappa shape index (κ1) is 17.3. The molecule has 2 unspecified atom stereocenters. The Morgan fingerprint density at radius 2 is 1.76 bits per heavy atom. The molecule has 2 atom stereocenters. The number of nitrogens with zero attached hydrogens (tertiary/aromatic N) is 1. The van der Waals surface area contributed by atoms with Gasteiger partial charge in [0.05, 0.1) is 0 Å².